The first kappa shape index (κ1) is 24.7. The van der Waals surface area contributed by atoms with E-state index in [1.807, 2.05) is 44.0 Å². The smallest absolute Gasteiger partial charge is 0.407 e. The van der Waals surface area contributed by atoms with Crippen LogP contribution in [0, 0.1) is 0 Å². The molecule has 3 aromatic heterocycles. The number of nitrogens with zero attached hydrogens (tertiary/aromatic N) is 7. The number of rotatable bonds is 6. The average Bonchev–Trinajstić information content (AvgIpc) is 3.49. The normalized spacial score (nSPS) is 16.5. The number of hydrogen-bond donors (Lipinski definition) is 1. The Bertz CT molecular complexity index is 1350. The number of pyridine rings is 2. The number of ether oxygens (including phenoxy) is 1. The molecule has 2 amide bonds. The van der Waals surface area contributed by atoms with E-state index in [-0.39, 0.29) is 25.1 Å². The number of amides is 2. The Morgan fingerprint density at radius 1 is 1.27 bits per heavy atom. The van der Waals surface area contributed by atoms with Crippen molar-refractivity contribution < 1.29 is 14.3 Å². The second kappa shape index (κ2) is 9.79. The van der Waals surface area contributed by atoms with Crippen molar-refractivity contribution in [1.29, 1.82) is 0 Å². The lowest BCUT2D eigenvalue weighted by atomic mass is 10.0. The van der Waals surface area contributed by atoms with E-state index in [2.05, 4.69) is 27.0 Å². The van der Waals surface area contributed by atoms with E-state index >= 15 is 0 Å². The summed E-state index contributed by atoms with van der Waals surface area (Å²) in [6, 6.07) is 7.57. The number of fused-ring (bicyclic) bond motifs is 2. The van der Waals surface area contributed by atoms with Crippen LogP contribution in [-0.2, 0) is 24.4 Å². The van der Waals surface area contributed by atoms with Gasteiger partial charge in [-0.05, 0) is 44.9 Å². The van der Waals surface area contributed by atoms with Crippen LogP contribution in [0.4, 0.5) is 16.4 Å². The van der Waals surface area contributed by atoms with E-state index in [1.54, 1.807) is 11.0 Å². The summed E-state index contributed by atoms with van der Waals surface area (Å²) in [5.41, 5.74) is 2.50. The molecule has 2 aliphatic heterocycles. The summed E-state index contributed by atoms with van der Waals surface area (Å²) in [6.07, 6.45) is 1.61. The largest absolute Gasteiger partial charge is 0.443 e. The topological polar surface area (TPSA) is 118 Å². The van der Waals surface area contributed by atoms with Crippen molar-refractivity contribution in [3.8, 4) is 11.5 Å². The van der Waals surface area contributed by atoms with Crippen LogP contribution in [-0.4, -0.2) is 56.9 Å². The van der Waals surface area contributed by atoms with E-state index in [0.29, 0.717) is 34.5 Å². The highest BCUT2D eigenvalue weighted by Gasteiger charge is 2.34. The maximum Gasteiger partial charge on any atom is 0.407 e. The monoisotopic (exact) mass is 504 g/mol. The molecule has 11 heteroatoms. The molecule has 1 N–H and O–H groups in total. The van der Waals surface area contributed by atoms with Crippen molar-refractivity contribution in [1.82, 2.24) is 30.0 Å². The summed E-state index contributed by atoms with van der Waals surface area (Å²) in [6.45, 7) is 7.35. The van der Waals surface area contributed by atoms with E-state index < -0.39 is 6.09 Å². The van der Waals surface area contributed by atoms with Gasteiger partial charge in [-0.3, -0.25) is 9.69 Å². The van der Waals surface area contributed by atoms with Gasteiger partial charge in [0.1, 0.15) is 29.8 Å². The molecule has 0 spiro atoms. The molecular formula is C26H32N8O3. The highest BCUT2D eigenvalue weighted by atomic mass is 16.5. The number of nitrogens with one attached hydrogen (secondary N) is 1. The molecule has 3 aromatic rings. The minimum absolute atomic E-state index is 0.0412. The van der Waals surface area contributed by atoms with Gasteiger partial charge < -0.3 is 19.5 Å². The Morgan fingerprint density at radius 3 is 2.84 bits per heavy atom. The SMILES string of the molecule is CNC(=O)OCc1nc(N(C)C(C)C)cc2c1CN(c1cccc(-c3nnc4n3CCCC4C)n1)C2=O. The van der Waals surface area contributed by atoms with Crippen LogP contribution in [0.25, 0.3) is 11.5 Å². The zero-order chi connectivity index (χ0) is 26.3. The average molecular weight is 505 g/mol. The summed E-state index contributed by atoms with van der Waals surface area (Å²) in [7, 11) is 3.42. The Morgan fingerprint density at radius 2 is 2.08 bits per heavy atom. The molecule has 0 saturated heterocycles. The molecule has 5 heterocycles. The Hall–Kier alpha value is -4.02. The summed E-state index contributed by atoms with van der Waals surface area (Å²) < 4.78 is 7.44. The van der Waals surface area contributed by atoms with Crippen LogP contribution in [0.3, 0.4) is 0 Å². The maximum absolute atomic E-state index is 13.6. The van der Waals surface area contributed by atoms with Gasteiger partial charge in [-0.1, -0.05) is 13.0 Å². The van der Waals surface area contributed by atoms with Crippen LogP contribution in [0.1, 0.15) is 67.0 Å². The molecule has 5 rings (SSSR count). The highest BCUT2D eigenvalue weighted by molar-refractivity contribution is 6.10. The van der Waals surface area contributed by atoms with Gasteiger partial charge in [-0.2, -0.15) is 0 Å². The molecule has 0 radical (unpaired) electrons. The van der Waals surface area contributed by atoms with Crippen LogP contribution in [0.15, 0.2) is 24.3 Å². The van der Waals surface area contributed by atoms with Crippen molar-refractivity contribution in [2.45, 2.75) is 65.3 Å². The van der Waals surface area contributed by atoms with Gasteiger partial charge in [-0.15, -0.1) is 10.2 Å². The number of aromatic nitrogens is 5. The standard InChI is InChI=1S/C26H32N8O3/c1-15(2)32(5)22-12-17-18(20(29-22)14-37-26(36)27-4)13-34(25(17)35)21-10-6-9-19(28-21)24-31-30-23-16(3)8-7-11-33(23)24/h6,9-10,12,15-16H,7-8,11,13-14H2,1-5H3,(H,27,36). The second-order valence-corrected chi connectivity index (χ2v) is 9.83. The fraction of sp³-hybridized carbons (Fsp3) is 0.462. The highest BCUT2D eigenvalue weighted by Crippen LogP contribution is 2.34. The first-order valence-electron chi connectivity index (χ1n) is 12.6. The van der Waals surface area contributed by atoms with Gasteiger partial charge >= 0.3 is 6.09 Å². The summed E-state index contributed by atoms with van der Waals surface area (Å²) >= 11 is 0. The maximum atomic E-state index is 13.6. The van der Waals surface area contributed by atoms with Gasteiger partial charge in [-0.25, -0.2) is 14.8 Å². The van der Waals surface area contributed by atoms with E-state index in [0.717, 1.165) is 36.6 Å². The van der Waals surface area contributed by atoms with Crippen LogP contribution in [0.2, 0.25) is 0 Å². The quantitative estimate of drug-likeness (QED) is 0.542. The van der Waals surface area contributed by atoms with Gasteiger partial charge in [0.2, 0.25) is 0 Å². The summed E-state index contributed by atoms with van der Waals surface area (Å²) in [4.78, 5) is 38.6. The molecule has 37 heavy (non-hydrogen) atoms. The van der Waals surface area contributed by atoms with Gasteiger partial charge in [0, 0.05) is 38.2 Å². The minimum atomic E-state index is -0.556. The third-order valence-corrected chi connectivity index (χ3v) is 7.15. The lowest BCUT2D eigenvalue weighted by molar-refractivity contribution is 0.0996. The predicted molar refractivity (Wildman–Crippen MR) is 138 cm³/mol. The molecule has 0 aliphatic carbocycles. The third-order valence-electron chi connectivity index (χ3n) is 7.15. The summed E-state index contributed by atoms with van der Waals surface area (Å²) in [5, 5.41) is 11.3. The Balaban J connectivity index is 1.50. The number of carbonyl (C=O) groups is 2. The third kappa shape index (κ3) is 4.49. The van der Waals surface area contributed by atoms with Crippen molar-refractivity contribution in [3.63, 3.8) is 0 Å². The van der Waals surface area contributed by atoms with Crippen LogP contribution in [0.5, 0.6) is 0 Å². The number of hydrogen-bond acceptors (Lipinski definition) is 8. The first-order chi connectivity index (χ1) is 17.8. The zero-order valence-electron chi connectivity index (χ0n) is 21.9. The molecule has 0 bridgehead atoms. The van der Waals surface area contributed by atoms with E-state index in [4.69, 9.17) is 14.7 Å². The van der Waals surface area contributed by atoms with E-state index in [9.17, 15) is 9.59 Å². The predicted octanol–water partition coefficient (Wildman–Crippen LogP) is 3.49. The second-order valence-electron chi connectivity index (χ2n) is 9.83. The Labute approximate surface area is 215 Å². The molecule has 194 valence electrons. The van der Waals surface area contributed by atoms with Crippen molar-refractivity contribution in [3.05, 3.63) is 46.9 Å². The minimum Gasteiger partial charge on any atom is -0.443 e. The number of alkyl carbamates (subject to hydrolysis) is 1. The van der Waals surface area contributed by atoms with Gasteiger partial charge in [0.15, 0.2) is 5.82 Å². The summed E-state index contributed by atoms with van der Waals surface area (Å²) in [5.74, 6) is 3.05. The molecule has 1 atom stereocenters. The van der Waals surface area contributed by atoms with Crippen LogP contribution < -0.4 is 15.1 Å². The van der Waals surface area contributed by atoms with Crippen molar-refractivity contribution >= 4 is 23.6 Å². The molecule has 2 aliphatic rings. The molecular weight excluding hydrogens is 472 g/mol. The molecule has 11 nitrogen and oxygen atoms in total. The number of anilines is 2. The van der Waals surface area contributed by atoms with Gasteiger partial charge in [0.25, 0.3) is 5.91 Å². The van der Waals surface area contributed by atoms with Crippen LogP contribution >= 0.6 is 0 Å². The fourth-order valence-corrected chi connectivity index (χ4v) is 4.78. The fourth-order valence-electron chi connectivity index (χ4n) is 4.78. The lowest BCUT2D eigenvalue weighted by Gasteiger charge is -2.23. The molecule has 0 saturated carbocycles. The molecule has 0 fully saturated rings. The van der Waals surface area contributed by atoms with Gasteiger partial charge in [0.05, 0.1) is 17.8 Å². The lowest BCUT2D eigenvalue weighted by Crippen LogP contribution is -2.27. The van der Waals surface area contributed by atoms with E-state index in [1.165, 1.54) is 7.05 Å². The van der Waals surface area contributed by atoms with Crippen molar-refractivity contribution in [2.75, 3.05) is 23.9 Å². The van der Waals surface area contributed by atoms with Crippen molar-refractivity contribution in [2.24, 2.45) is 0 Å². The number of carbonyl (C=O) groups excluding carboxylic acids is 2. The molecule has 1 unspecified atom stereocenters. The Kier molecular flexibility index (Phi) is 6.53. The molecule has 0 aromatic carbocycles. The first-order valence-corrected chi connectivity index (χ1v) is 12.6. The zero-order valence-corrected chi connectivity index (χ0v) is 21.9.